The van der Waals surface area contributed by atoms with Crippen LogP contribution in [0.2, 0.25) is 0 Å². The zero-order chi connectivity index (χ0) is 13.8. The van der Waals surface area contributed by atoms with Gasteiger partial charge in [0.1, 0.15) is 0 Å². The Kier molecular flexibility index (Phi) is 4.11. The predicted molar refractivity (Wildman–Crippen MR) is 71.6 cm³/mol. The highest BCUT2D eigenvalue weighted by Crippen LogP contribution is 2.11. The van der Waals surface area contributed by atoms with Crippen molar-refractivity contribution in [2.75, 3.05) is 5.75 Å². The van der Waals surface area contributed by atoms with E-state index in [1.165, 1.54) is 12.1 Å². The summed E-state index contributed by atoms with van der Waals surface area (Å²) in [7, 11) is 0.629. The van der Waals surface area contributed by atoms with Crippen molar-refractivity contribution in [3.8, 4) is 0 Å². The van der Waals surface area contributed by atoms with E-state index in [9.17, 15) is 9.00 Å². The number of carbonyl (C=O) groups is 1. The fraction of sp³-hybridized carbons (Fsp3) is 0.231. The molecule has 0 radical (unpaired) electrons. The zero-order valence-corrected chi connectivity index (χ0v) is 11.3. The van der Waals surface area contributed by atoms with E-state index in [1.54, 1.807) is 23.0 Å². The van der Waals surface area contributed by atoms with Gasteiger partial charge in [-0.05, 0) is 24.3 Å². The van der Waals surface area contributed by atoms with Crippen molar-refractivity contribution in [2.24, 2.45) is 7.05 Å². The number of aryl methyl sites for hydroxylation is 2. The van der Waals surface area contributed by atoms with E-state index >= 15 is 0 Å². The lowest BCUT2D eigenvalue weighted by molar-refractivity contribution is 0.0696. The normalized spacial score (nSPS) is 12.3. The van der Waals surface area contributed by atoms with Crippen molar-refractivity contribution in [1.29, 1.82) is 0 Å². The van der Waals surface area contributed by atoms with Gasteiger partial charge in [0.2, 0.25) is 0 Å². The molecule has 1 unspecified atom stereocenters. The van der Waals surface area contributed by atoms with E-state index in [-0.39, 0.29) is 5.56 Å². The first-order chi connectivity index (χ1) is 9.08. The maximum absolute atomic E-state index is 12.1. The molecule has 100 valence electrons. The zero-order valence-electron chi connectivity index (χ0n) is 10.4. The molecule has 1 atom stereocenters. The van der Waals surface area contributed by atoms with Crippen LogP contribution in [0, 0.1) is 0 Å². The van der Waals surface area contributed by atoms with Crippen LogP contribution in [-0.4, -0.2) is 30.8 Å². The second-order valence-electron chi connectivity index (χ2n) is 4.08. The summed E-state index contributed by atoms with van der Waals surface area (Å²) in [6.07, 6.45) is 2.34. The summed E-state index contributed by atoms with van der Waals surface area (Å²) in [5.41, 5.74) is 1.16. The summed E-state index contributed by atoms with van der Waals surface area (Å²) in [4.78, 5) is 11.4. The van der Waals surface area contributed by atoms with E-state index in [0.29, 0.717) is 17.1 Å². The van der Waals surface area contributed by atoms with Crippen molar-refractivity contribution in [3.05, 3.63) is 47.8 Å². The van der Waals surface area contributed by atoms with E-state index in [1.807, 2.05) is 13.1 Å². The first kappa shape index (κ1) is 13.5. The van der Waals surface area contributed by atoms with Crippen LogP contribution in [0.25, 0.3) is 0 Å². The number of nitrogens with zero attached hydrogens (tertiary/aromatic N) is 2. The van der Waals surface area contributed by atoms with Gasteiger partial charge in [-0.1, -0.05) is 6.07 Å². The number of hydrogen-bond acceptors (Lipinski definition) is 3. The minimum absolute atomic E-state index is 0.159. The molecule has 0 fully saturated rings. The second-order valence-corrected chi connectivity index (χ2v) is 5.65. The van der Waals surface area contributed by atoms with Gasteiger partial charge in [-0.15, -0.1) is 0 Å². The van der Waals surface area contributed by atoms with Gasteiger partial charge in [0.05, 0.1) is 16.4 Å². The van der Waals surface area contributed by atoms with Gasteiger partial charge in [-0.25, -0.2) is 4.79 Å². The maximum atomic E-state index is 12.1. The maximum Gasteiger partial charge on any atom is 0.335 e. The van der Waals surface area contributed by atoms with Crippen LogP contribution in [0.3, 0.4) is 0 Å². The van der Waals surface area contributed by atoms with Crippen LogP contribution in [-0.2, 0) is 24.3 Å². The summed E-state index contributed by atoms with van der Waals surface area (Å²) in [5.74, 6) is -0.562. The lowest BCUT2D eigenvalue weighted by atomic mass is 10.2. The first-order valence-electron chi connectivity index (χ1n) is 5.76. The third kappa shape index (κ3) is 3.29. The molecular formula is C13H14N2O3S. The van der Waals surface area contributed by atoms with Gasteiger partial charge >= 0.3 is 5.97 Å². The third-order valence-electron chi connectivity index (χ3n) is 2.81. The van der Waals surface area contributed by atoms with Crippen molar-refractivity contribution in [3.63, 3.8) is 0 Å². The van der Waals surface area contributed by atoms with Crippen molar-refractivity contribution >= 4 is 16.8 Å². The first-order valence-corrected chi connectivity index (χ1v) is 7.08. The molecule has 0 aliphatic carbocycles. The summed E-state index contributed by atoms with van der Waals surface area (Å²) in [5, 5.41) is 12.9. The molecule has 0 amide bonds. The summed E-state index contributed by atoms with van der Waals surface area (Å²) in [6, 6.07) is 8.13. The summed E-state index contributed by atoms with van der Waals surface area (Å²) >= 11 is 0. The highest BCUT2D eigenvalue weighted by atomic mass is 32.2. The van der Waals surface area contributed by atoms with E-state index in [4.69, 9.17) is 5.11 Å². The fourth-order valence-electron chi connectivity index (χ4n) is 1.73. The minimum Gasteiger partial charge on any atom is -0.478 e. The molecule has 2 aromatic rings. The van der Waals surface area contributed by atoms with E-state index in [0.717, 1.165) is 5.69 Å². The second kappa shape index (κ2) is 5.79. The minimum atomic E-state index is -1.21. The molecule has 19 heavy (non-hydrogen) atoms. The van der Waals surface area contributed by atoms with Crippen molar-refractivity contribution in [1.82, 2.24) is 9.78 Å². The smallest absolute Gasteiger partial charge is 0.335 e. The van der Waals surface area contributed by atoms with Gasteiger partial charge < -0.3 is 5.11 Å². The number of rotatable bonds is 5. The van der Waals surface area contributed by atoms with Crippen LogP contribution >= 0.6 is 0 Å². The molecule has 0 bridgehead atoms. The molecular weight excluding hydrogens is 264 g/mol. The highest BCUT2D eigenvalue weighted by Gasteiger charge is 2.09. The van der Waals surface area contributed by atoms with Gasteiger partial charge in [0.25, 0.3) is 0 Å². The van der Waals surface area contributed by atoms with Crippen molar-refractivity contribution in [2.45, 2.75) is 11.3 Å². The average molecular weight is 278 g/mol. The largest absolute Gasteiger partial charge is 0.478 e. The number of aromatic carboxylic acids is 1. The molecule has 5 nitrogen and oxygen atoms in total. The number of benzene rings is 1. The van der Waals surface area contributed by atoms with Crippen LogP contribution in [0.4, 0.5) is 0 Å². The Hall–Kier alpha value is -1.95. The molecule has 0 aliphatic heterocycles. The Morgan fingerprint density at radius 1 is 1.42 bits per heavy atom. The predicted octanol–water partition coefficient (Wildman–Crippen LogP) is 1.47. The molecule has 2 rings (SSSR count). The number of aromatic nitrogens is 2. The third-order valence-corrected chi connectivity index (χ3v) is 4.16. The topological polar surface area (TPSA) is 72.2 Å². The van der Waals surface area contributed by atoms with Gasteiger partial charge in [-0.2, -0.15) is 5.10 Å². The Balaban J connectivity index is 2.06. The molecule has 0 saturated heterocycles. The monoisotopic (exact) mass is 278 g/mol. The Labute approximate surface area is 113 Å². The Morgan fingerprint density at radius 3 is 2.84 bits per heavy atom. The Bertz CT molecular complexity index is 622. The van der Waals surface area contributed by atoms with Gasteiger partial charge in [0, 0.05) is 36.0 Å². The fourth-order valence-corrected chi connectivity index (χ4v) is 2.85. The summed E-state index contributed by atoms with van der Waals surface area (Å²) < 4.78 is 13.9. The van der Waals surface area contributed by atoms with Crippen LogP contribution < -0.4 is 0 Å². The quantitative estimate of drug-likeness (QED) is 0.899. The van der Waals surface area contributed by atoms with Crippen LogP contribution in [0.1, 0.15) is 16.1 Å². The molecule has 1 N–H and O–H groups in total. The molecule has 1 aromatic heterocycles. The molecule has 1 aromatic carbocycles. The number of carboxylic acid groups (broad SMARTS) is 1. The number of carboxylic acids is 1. The molecule has 0 spiro atoms. The summed E-state index contributed by atoms with van der Waals surface area (Å²) in [6.45, 7) is 0. The van der Waals surface area contributed by atoms with E-state index < -0.39 is 16.8 Å². The van der Waals surface area contributed by atoms with Gasteiger partial charge in [0.15, 0.2) is 0 Å². The highest BCUT2D eigenvalue weighted by molar-refractivity contribution is 7.85. The van der Waals surface area contributed by atoms with Crippen LogP contribution in [0.15, 0.2) is 41.4 Å². The lowest BCUT2D eigenvalue weighted by Gasteiger charge is -2.04. The standard InChI is InChI=1S/C13H14N2O3S/c1-15-11(5-7-14-15)6-8-19(18)12-4-2-3-10(9-12)13(16)17/h2-5,7,9H,6,8H2,1H3,(H,16,17). The Morgan fingerprint density at radius 2 is 2.21 bits per heavy atom. The molecule has 6 heteroatoms. The number of hydrogen-bond donors (Lipinski definition) is 1. The molecule has 0 saturated carbocycles. The van der Waals surface area contributed by atoms with Crippen molar-refractivity contribution < 1.29 is 14.1 Å². The van der Waals surface area contributed by atoms with Gasteiger partial charge in [-0.3, -0.25) is 8.89 Å². The molecule has 0 aliphatic rings. The SMILES string of the molecule is Cn1nccc1CCS(=O)c1cccc(C(=O)O)c1. The van der Waals surface area contributed by atoms with E-state index in [2.05, 4.69) is 5.10 Å². The molecule has 1 heterocycles. The van der Waals surface area contributed by atoms with Crippen LogP contribution in [0.5, 0.6) is 0 Å². The lowest BCUT2D eigenvalue weighted by Crippen LogP contribution is -2.06. The average Bonchev–Trinajstić information content (AvgIpc) is 2.81.